The molecule has 0 aliphatic heterocycles. The van der Waals surface area contributed by atoms with E-state index in [4.69, 9.17) is 0 Å². The molecule has 0 aromatic carbocycles. The van der Waals surface area contributed by atoms with Crippen LogP contribution < -0.4 is 0 Å². The van der Waals surface area contributed by atoms with Crippen molar-refractivity contribution in [1.29, 1.82) is 0 Å². The van der Waals surface area contributed by atoms with E-state index < -0.39 is 0 Å². The van der Waals surface area contributed by atoms with Crippen LogP contribution in [0.4, 0.5) is 0 Å². The van der Waals surface area contributed by atoms with Crippen molar-refractivity contribution in [2.24, 2.45) is 0 Å². The summed E-state index contributed by atoms with van der Waals surface area (Å²) >= 11 is 0. The van der Waals surface area contributed by atoms with Gasteiger partial charge in [-0.05, 0) is 43.7 Å². The van der Waals surface area contributed by atoms with Crippen molar-refractivity contribution >= 4 is 7.92 Å². The Balaban J connectivity index is 1.83. The summed E-state index contributed by atoms with van der Waals surface area (Å²) in [7, 11) is 0.400. The zero-order valence-corrected chi connectivity index (χ0v) is 9.86. The van der Waals surface area contributed by atoms with Crippen LogP contribution in [0.1, 0.15) is 57.8 Å². The zero-order valence-electron chi connectivity index (χ0n) is 8.97. The van der Waals surface area contributed by atoms with E-state index in [0.717, 1.165) is 11.3 Å². The Kier molecular flexibility index (Phi) is 3.66. The first-order valence-electron chi connectivity index (χ1n) is 6.10. The van der Waals surface area contributed by atoms with Crippen LogP contribution in [0.25, 0.3) is 0 Å². The second-order valence-corrected chi connectivity index (χ2v) is 7.69. The third-order valence-electron chi connectivity index (χ3n) is 4.05. The largest absolute Gasteiger partial charge is 0.104 e. The van der Waals surface area contributed by atoms with Gasteiger partial charge in [0.15, 0.2) is 0 Å². The summed E-state index contributed by atoms with van der Waals surface area (Å²) < 4.78 is 0. The Morgan fingerprint density at radius 1 is 0.692 bits per heavy atom. The zero-order chi connectivity index (χ0) is 9.10. The van der Waals surface area contributed by atoms with Crippen LogP contribution in [0.5, 0.6) is 0 Å². The van der Waals surface area contributed by atoms with Crippen molar-refractivity contribution in [2.75, 3.05) is 6.66 Å². The number of hydrogen-bond acceptors (Lipinski definition) is 0. The summed E-state index contributed by atoms with van der Waals surface area (Å²) in [5.74, 6) is 0. The van der Waals surface area contributed by atoms with E-state index in [1.54, 1.807) is 25.7 Å². The molecule has 2 fully saturated rings. The van der Waals surface area contributed by atoms with E-state index in [9.17, 15) is 0 Å². The average Bonchev–Trinajstić information content (AvgIpc) is 2.71. The summed E-state index contributed by atoms with van der Waals surface area (Å²) in [6.45, 7) is 2.60. The highest BCUT2D eigenvalue weighted by atomic mass is 31.1. The smallest absolute Gasteiger partial charge is 0.0209 e. The summed E-state index contributed by atoms with van der Waals surface area (Å²) in [6, 6.07) is 0. The van der Waals surface area contributed by atoms with Crippen molar-refractivity contribution in [1.82, 2.24) is 0 Å². The molecule has 0 saturated heterocycles. The average molecular weight is 198 g/mol. The first-order chi connectivity index (χ1) is 6.38. The SMILES string of the molecule is CP(C1CCCCC1)C1CCCC1. The summed E-state index contributed by atoms with van der Waals surface area (Å²) in [4.78, 5) is 0. The minimum atomic E-state index is 0.400. The molecule has 1 unspecified atom stereocenters. The first kappa shape index (κ1) is 9.97. The molecule has 0 nitrogen and oxygen atoms in total. The molecule has 0 radical (unpaired) electrons. The Morgan fingerprint density at radius 2 is 1.08 bits per heavy atom. The van der Waals surface area contributed by atoms with Crippen molar-refractivity contribution < 1.29 is 0 Å². The standard InChI is InChI=1S/C12H23P/c1-13(12-9-5-6-10-12)11-7-3-2-4-8-11/h11-12H,2-10H2,1H3. The maximum Gasteiger partial charge on any atom is -0.0209 e. The topological polar surface area (TPSA) is 0 Å². The summed E-state index contributed by atoms with van der Waals surface area (Å²) in [6.07, 6.45) is 13.9. The molecule has 2 aliphatic rings. The van der Waals surface area contributed by atoms with Gasteiger partial charge in [0, 0.05) is 0 Å². The van der Waals surface area contributed by atoms with E-state index in [2.05, 4.69) is 6.66 Å². The van der Waals surface area contributed by atoms with Gasteiger partial charge in [0.25, 0.3) is 0 Å². The second kappa shape index (κ2) is 4.78. The Bertz CT molecular complexity index is 143. The van der Waals surface area contributed by atoms with Gasteiger partial charge >= 0.3 is 0 Å². The van der Waals surface area contributed by atoms with Gasteiger partial charge in [0.1, 0.15) is 0 Å². The lowest BCUT2D eigenvalue weighted by Crippen LogP contribution is -2.15. The fourth-order valence-electron chi connectivity index (χ4n) is 3.10. The Labute approximate surface area is 84.2 Å². The van der Waals surface area contributed by atoms with E-state index in [-0.39, 0.29) is 0 Å². The fraction of sp³-hybridized carbons (Fsp3) is 1.00. The lowest BCUT2D eigenvalue weighted by atomic mass is 10.0. The van der Waals surface area contributed by atoms with Gasteiger partial charge in [-0.1, -0.05) is 32.1 Å². The molecule has 0 aromatic rings. The van der Waals surface area contributed by atoms with Gasteiger partial charge < -0.3 is 0 Å². The van der Waals surface area contributed by atoms with Crippen LogP contribution in [-0.2, 0) is 0 Å². The fourth-order valence-corrected chi connectivity index (χ4v) is 6.05. The van der Waals surface area contributed by atoms with Gasteiger partial charge in [-0.3, -0.25) is 0 Å². The van der Waals surface area contributed by atoms with Gasteiger partial charge in [-0.15, -0.1) is 7.92 Å². The molecule has 2 saturated carbocycles. The van der Waals surface area contributed by atoms with Crippen LogP contribution in [-0.4, -0.2) is 18.0 Å². The van der Waals surface area contributed by atoms with Crippen LogP contribution in [0.3, 0.4) is 0 Å². The first-order valence-corrected chi connectivity index (χ1v) is 8.02. The molecule has 1 heteroatoms. The molecule has 0 bridgehead atoms. The maximum atomic E-state index is 2.60. The second-order valence-electron chi connectivity index (χ2n) is 4.90. The lowest BCUT2D eigenvalue weighted by molar-refractivity contribution is 0.509. The molecule has 13 heavy (non-hydrogen) atoms. The highest BCUT2D eigenvalue weighted by Crippen LogP contribution is 2.53. The third-order valence-corrected chi connectivity index (χ3v) is 7.39. The molecule has 0 N–H and O–H groups in total. The quantitative estimate of drug-likeness (QED) is 0.578. The van der Waals surface area contributed by atoms with Gasteiger partial charge in [0.2, 0.25) is 0 Å². The highest BCUT2D eigenvalue weighted by molar-refractivity contribution is 7.58. The predicted octanol–water partition coefficient (Wildman–Crippen LogP) is 4.37. The molecular weight excluding hydrogens is 175 g/mol. The maximum absolute atomic E-state index is 2.60. The molecule has 2 aliphatic carbocycles. The van der Waals surface area contributed by atoms with E-state index in [1.807, 2.05) is 0 Å². The van der Waals surface area contributed by atoms with Crippen molar-refractivity contribution in [3.63, 3.8) is 0 Å². The highest BCUT2D eigenvalue weighted by Gasteiger charge is 2.28. The van der Waals surface area contributed by atoms with Crippen LogP contribution in [0.2, 0.25) is 0 Å². The summed E-state index contributed by atoms with van der Waals surface area (Å²) in [5, 5.41) is 0. The molecule has 1 atom stereocenters. The lowest BCUT2D eigenvalue weighted by Gasteiger charge is -2.32. The van der Waals surface area contributed by atoms with Crippen LogP contribution >= 0.6 is 7.92 Å². The van der Waals surface area contributed by atoms with Gasteiger partial charge in [-0.2, -0.15) is 0 Å². The third kappa shape index (κ3) is 2.46. The van der Waals surface area contributed by atoms with Gasteiger partial charge in [0.05, 0.1) is 0 Å². The van der Waals surface area contributed by atoms with E-state index in [0.29, 0.717) is 7.92 Å². The van der Waals surface area contributed by atoms with E-state index >= 15 is 0 Å². The molecule has 0 aromatic heterocycles. The minimum Gasteiger partial charge on any atom is -0.104 e. The number of rotatable bonds is 2. The van der Waals surface area contributed by atoms with Gasteiger partial charge in [-0.25, -0.2) is 0 Å². The van der Waals surface area contributed by atoms with Crippen molar-refractivity contribution in [3.05, 3.63) is 0 Å². The Hall–Kier alpha value is 0.430. The number of hydrogen-bond donors (Lipinski definition) is 0. The normalized spacial score (nSPS) is 29.3. The monoisotopic (exact) mass is 198 g/mol. The predicted molar refractivity (Wildman–Crippen MR) is 62.0 cm³/mol. The van der Waals surface area contributed by atoms with Crippen LogP contribution in [0, 0.1) is 0 Å². The van der Waals surface area contributed by atoms with Crippen molar-refractivity contribution in [2.45, 2.75) is 69.1 Å². The molecule has 0 amide bonds. The molecule has 0 heterocycles. The van der Waals surface area contributed by atoms with Crippen LogP contribution in [0.15, 0.2) is 0 Å². The minimum absolute atomic E-state index is 0.400. The Morgan fingerprint density at radius 3 is 1.54 bits per heavy atom. The molecule has 2 rings (SSSR count). The molecule has 0 spiro atoms. The van der Waals surface area contributed by atoms with Crippen molar-refractivity contribution in [3.8, 4) is 0 Å². The molecule has 76 valence electrons. The molecular formula is C12H23P. The van der Waals surface area contributed by atoms with E-state index in [1.165, 1.54) is 32.1 Å². The summed E-state index contributed by atoms with van der Waals surface area (Å²) in [5.41, 5.74) is 2.32.